The molecule has 0 radical (unpaired) electrons. The lowest BCUT2D eigenvalue weighted by atomic mass is 9.45. The Hall–Kier alpha value is -3.96. The Morgan fingerprint density at radius 2 is 1.82 bits per heavy atom. The fourth-order valence-electron chi connectivity index (χ4n) is 8.87. The van der Waals surface area contributed by atoms with Crippen LogP contribution in [0, 0.1) is 29.1 Å². The minimum Gasteiger partial charge on any atom is -0.496 e. The second-order valence-corrected chi connectivity index (χ2v) is 15.6. The van der Waals surface area contributed by atoms with Gasteiger partial charge in [0.25, 0.3) is 5.91 Å². The van der Waals surface area contributed by atoms with Gasteiger partial charge in [0.2, 0.25) is 5.91 Å². The maximum absolute atomic E-state index is 14.2. The predicted octanol–water partition coefficient (Wildman–Crippen LogP) is 5.02. The minimum atomic E-state index is -0.896. The Morgan fingerprint density at radius 1 is 1.08 bits per heavy atom. The highest BCUT2D eigenvalue weighted by atomic mass is 16.7. The highest BCUT2D eigenvalue weighted by Crippen LogP contribution is 2.61. The Bertz CT molecular complexity index is 1710. The van der Waals surface area contributed by atoms with Crippen molar-refractivity contribution < 1.29 is 29.4 Å². The zero-order chi connectivity index (χ0) is 36.6. The van der Waals surface area contributed by atoms with Crippen LogP contribution in [0.15, 0.2) is 66.7 Å². The van der Waals surface area contributed by atoms with E-state index in [-0.39, 0.29) is 36.4 Å². The van der Waals surface area contributed by atoms with Gasteiger partial charge in [0.05, 0.1) is 26.4 Å². The topological polar surface area (TPSA) is 124 Å². The van der Waals surface area contributed by atoms with Gasteiger partial charge in [-0.15, -0.1) is 0 Å². The number of hydroxylamine groups is 2. The molecule has 3 aromatic rings. The summed E-state index contributed by atoms with van der Waals surface area (Å²) in [6, 6.07) is 20.5. The first kappa shape index (κ1) is 36.8. The van der Waals surface area contributed by atoms with E-state index in [4.69, 9.17) is 9.57 Å². The molecule has 274 valence electrons. The van der Waals surface area contributed by atoms with Gasteiger partial charge in [-0.3, -0.25) is 14.4 Å². The van der Waals surface area contributed by atoms with E-state index in [2.05, 4.69) is 31.4 Å². The molecule has 3 saturated carbocycles. The molecule has 8 atom stereocenters. The number of nitrogens with one attached hydrogen (secondary N) is 2. The van der Waals surface area contributed by atoms with Gasteiger partial charge in [-0.05, 0) is 72.3 Å². The van der Waals surface area contributed by atoms with Gasteiger partial charge < -0.3 is 30.5 Å². The van der Waals surface area contributed by atoms with E-state index >= 15 is 0 Å². The third-order valence-electron chi connectivity index (χ3n) is 12.0. The molecule has 7 rings (SSSR count). The van der Waals surface area contributed by atoms with Crippen molar-refractivity contribution in [3.63, 3.8) is 0 Å². The number of fused-ring (bicyclic) bond motifs is 2. The van der Waals surface area contributed by atoms with Crippen LogP contribution in [0.1, 0.15) is 62.0 Å². The van der Waals surface area contributed by atoms with Gasteiger partial charge >= 0.3 is 0 Å². The molecule has 4 aliphatic rings. The van der Waals surface area contributed by atoms with Crippen LogP contribution in [0.2, 0.25) is 0 Å². The van der Waals surface area contributed by atoms with Gasteiger partial charge in [0.15, 0.2) is 0 Å². The smallest absolute Gasteiger partial charge is 0.251 e. The lowest BCUT2D eigenvalue weighted by molar-refractivity contribution is -0.183. The molecule has 3 aliphatic carbocycles. The normalized spacial score (nSPS) is 27.3. The molecule has 3 aromatic carbocycles. The molecular weight excluding hydrogens is 644 g/mol. The molecule has 0 spiro atoms. The molecular formula is C41H54N4O6. The molecule has 1 aliphatic heterocycles. The van der Waals surface area contributed by atoms with E-state index in [0.717, 1.165) is 34.4 Å². The zero-order valence-electron chi connectivity index (χ0n) is 30.9. The second-order valence-electron chi connectivity index (χ2n) is 15.6. The predicted molar refractivity (Wildman–Crippen MR) is 198 cm³/mol. The quantitative estimate of drug-likeness (QED) is 0.208. The number of aliphatic hydroxyl groups is 2. The minimum absolute atomic E-state index is 0.0416. The Morgan fingerprint density at radius 3 is 2.45 bits per heavy atom. The summed E-state index contributed by atoms with van der Waals surface area (Å²) in [5, 5.41) is 29.2. The largest absolute Gasteiger partial charge is 0.496 e. The highest BCUT2D eigenvalue weighted by Gasteiger charge is 2.57. The van der Waals surface area contributed by atoms with E-state index in [1.165, 1.54) is 6.42 Å². The van der Waals surface area contributed by atoms with E-state index in [0.29, 0.717) is 35.6 Å². The molecule has 1 heterocycles. The number of nitrogens with zero attached hydrogens (tertiary/aromatic N) is 2. The first-order valence-corrected chi connectivity index (χ1v) is 18.2. The number of carbonyl (C=O) groups excluding carboxylic acids is 2. The lowest BCUT2D eigenvalue weighted by Gasteiger charge is -2.62. The number of carbonyl (C=O) groups is 2. The Labute approximate surface area is 302 Å². The summed E-state index contributed by atoms with van der Waals surface area (Å²) in [4.78, 5) is 35.8. The molecule has 0 unspecified atom stereocenters. The van der Waals surface area contributed by atoms with E-state index in [9.17, 15) is 19.8 Å². The molecule has 51 heavy (non-hydrogen) atoms. The van der Waals surface area contributed by atoms with Gasteiger partial charge in [-0.1, -0.05) is 69.3 Å². The number of hydrogen-bond donors (Lipinski definition) is 4. The standard InChI is InChI=1S/C41H54N4O6/c1-24-33-19-30(41(33,3)4)20-34(24)43-40(49)37-36(25(2)47)35(23-46)51-45(37)22-27-14-11-15-32(38(27)50-7)28-16-29(18-31(17-28)44(5)6)39(48)42-21-26-12-9-8-10-13-26/h8-18,24-25,30,33-37,46-47H,19-23H2,1-7H3,(H,42,48)(H,43,49)/t24-,25-,30+,33-,34-,35-,36+,37-/m0/s1. The molecule has 4 N–H and O–H groups in total. The number of rotatable bonds is 12. The molecule has 1 saturated heterocycles. The van der Waals surface area contributed by atoms with E-state index in [1.54, 1.807) is 19.1 Å². The van der Waals surface area contributed by atoms with E-state index in [1.807, 2.05) is 85.7 Å². The maximum atomic E-state index is 14.2. The fourth-order valence-corrected chi connectivity index (χ4v) is 8.87. The average Bonchev–Trinajstić information content (AvgIpc) is 3.49. The van der Waals surface area contributed by atoms with Crippen LogP contribution < -0.4 is 20.3 Å². The van der Waals surface area contributed by atoms with Crippen molar-refractivity contribution in [2.45, 2.75) is 77.9 Å². The van der Waals surface area contributed by atoms with Crippen molar-refractivity contribution in [3.05, 3.63) is 83.4 Å². The molecule has 10 nitrogen and oxygen atoms in total. The number of hydrogen-bond acceptors (Lipinski definition) is 8. The summed E-state index contributed by atoms with van der Waals surface area (Å²) < 4.78 is 6.05. The summed E-state index contributed by atoms with van der Waals surface area (Å²) in [5.41, 5.74) is 5.00. The summed E-state index contributed by atoms with van der Waals surface area (Å²) in [6.07, 6.45) is 0.489. The summed E-state index contributed by atoms with van der Waals surface area (Å²) in [7, 11) is 5.47. The van der Waals surface area contributed by atoms with Gasteiger partial charge in [0.1, 0.15) is 17.9 Å². The van der Waals surface area contributed by atoms with Gasteiger partial charge in [-0.25, -0.2) is 0 Å². The van der Waals surface area contributed by atoms with Crippen LogP contribution in [0.5, 0.6) is 5.75 Å². The average molecular weight is 699 g/mol. The highest BCUT2D eigenvalue weighted by molar-refractivity contribution is 5.97. The summed E-state index contributed by atoms with van der Waals surface area (Å²) in [5.74, 6) is 1.02. The fraction of sp³-hybridized carbons (Fsp3) is 0.512. The van der Waals surface area contributed by atoms with Crippen molar-refractivity contribution in [1.29, 1.82) is 0 Å². The van der Waals surface area contributed by atoms with Crippen molar-refractivity contribution in [3.8, 4) is 16.9 Å². The van der Waals surface area contributed by atoms with Crippen molar-refractivity contribution >= 4 is 17.5 Å². The Kier molecular flexibility index (Phi) is 10.8. The maximum Gasteiger partial charge on any atom is 0.251 e. The van der Waals surface area contributed by atoms with Crippen molar-refractivity contribution in [1.82, 2.24) is 15.7 Å². The van der Waals surface area contributed by atoms with Crippen LogP contribution in [-0.4, -0.2) is 79.2 Å². The zero-order valence-corrected chi connectivity index (χ0v) is 30.9. The van der Waals surface area contributed by atoms with Crippen LogP contribution in [0.3, 0.4) is 0 Å². The van der Waals surface area contributed by atoms with Crippen molar-refractivity contribution in [2.24, 2.45) is 29.1 Å². The molecule has 2 bridgehead atoms. The molecule has 2 amide bonds. The number of methoxy groups -OCH3 is 1. The van der Waals surface area contributed by atoms with Crippen LogP contribution in [0.4, 0.5) is 5.69 Å². The second kappa shape index (κ2) is 14.9. The number of benzene rings is 3. The van der Waals surface area contributed by atoms with Crippen LogP contribution >= 0.6 is 0 Å². The third-order valence-corrected chi connectivity index (χ3v) is 12.0. The first-order valence-electron chi connectivity index (χ1n) is 18.2. The summed E-state index contributed by atoms with van der Waals surface area (Å²) >= 11 is 0. The van der Waals surface area contributed by atoms with Gasteiger partial charge in [-0.2, -0.15) is 5.06 Å². The number of amides is 2. The molecule has 10 heteroatoms. The summed E-state index contributed by atoms with van der Waals surface area (Å²) in [6.45, 7) is 8.80. The SMILES string of the molecule is COc1c(CN2O[C@@H](CO)[C@@H]([C@H](C)O)[C@H]2C(=O)N[C@H]2C[C@H]3C[C@@H]([C@@H]2C)C3(C)C)cccc1-c1cc(C(=O)NCc2ccccc2)cc(N(C)C)c1. The lowest BCUT2D eigenvalue weighted by Crippen LogP contribution is -2.62. The number of ether oxygens (including phenoxy) is 1. The van der Waals surface area contributed by atoms with E-state index < -0.39 is 24.2 Å². The monoisotopic (exact) mass is 698 g/mol. The van der Waals surface area contributed by atoms with Crippen LogP contribution in [-0.2, 0) is 22.7 Å². The van der Waals surface area contributed by atoms with Gasteiger partial charge in [0, 0.05) is 55.0 Å². The molecule has 4 fully saturated rings. The van der Waals surface area contributed by atoms with Crippen LogP contribution in [0.25, 0.3) is 11.1 Å². The Balaban J connectivity index is 1.28. The third kappa shape index (κ3) is 7.24. The van der Waals surface area contributed by atoms with Crippen molar-refractivity contribution in [2.75, 3.05) is 32.7 Å². The first-order chi connectivity index (χ1) is 24.3. The number of aliphatic hydroxyl groups excluding tert-OH is 2. The number of anilines is 1. The molecule has 0 aromatic heterocycles. The number of para-hydroxylation sites is 1.